The van der Waals surface area contributed by atoms with Gasteiger partial charge in [0, 0.05) is 18.6 Å². The number of rotatable bonds is 6. The van der Waals surface area contributed by atoms with Crippen molar-refractivity contribution in [1.82, 2.24) is 10.2 Å². The summed E-state index contributed by atoms with van der Waals surface area (Å²) in [6, 6.07) is 0. The van der Waals surface area contributed by atoms with Crippen LogP contribution < -0.4 is 5.32 Å². The van der Waals surface area contributed by atoms with Crippen LogP contribution in [0.15, 0.2) is 0 Å². The van der Waals surface area contributed by atoms with Gasteiger partial charge < -0.3 is 15.0 Å². The van der Waals surface area contributed by atoms with Crippen molar-refractivity contribution in [3.8, 4) is 0 Å². The molecule has 1 fully saturated rings. The highest BCUT2D eigenvalue weighted by atomic mass is 16.5. The van der Waals surface area contributed by atoms with Gasteiger partial charge in [0.15, 0.2) is 0 Å². The van der Waals surface area contributed by atoms with E-state index in [2.05, 4.69) is 45.0 Å². The average Bonchev–Trinajstić information content (AvgIpc) is 2.26. The van der Waals surface area contributed by atoms with Crippen LogP contribution in [0.5, 0.6) is 0 Å². The molecule has 1 aliphatic heterocycles. The van der Waals surface area contributed by atoms with Gasteiger partial charge in [-0.05, 0) is 67.0 Å². The van der Waals surface area contributed by atoms with E-state index in [1.54, 1.807) is 0 Å². The third-order valence-electron chi connectivity index (χ3n) is 3.53. The van der Waals surface area contributed by atoms with E-state index in [4.69, 9.17) is 4.74 Å². The lowest BCUT2D eigenvalue weighted by atomic mass is 10.1. The van der Waals surface area contributed by atoms with Gasteiger partial charge in [-0.25, -0.2) is 0 Å². The van der Waals surface area contributed by atoms with Crippen molar-refractivity contribution in [3.05, 3.63) is 0 Å². The van der Waals surface area contributed by atoms with Crippen molar-refractivity contribution >= 4 is 0 Å². The van der Waals surface area contributed by atoms with Gasteiger partial charge in [-0.1, -0.05) is 0 Å². The molecule has 0 aliphatic carbocycles. The lowest BCUT2D eigenvalue weighted by Gasteiger charge is -2.31. The highest BCUT2D eigenvalue weighted by Crippen LogP contribution is 2.16. The van der Waals surface area contributed by atoms with E-state index in [9.17, 15) is 0 Å². The molecule has 0 aromatic carbocycles. The smallest absolute Gasteiger partial charge is 0.0603 e. The van der Waals surface area contributed by atoms with Crippen LogP contribution in [0, 0.1) is 0 Å². The minimum atomic E-state index is 0.234. The third-order valence-corrected chi connectivity index (χ3v) is 3.53. The van der Waals surface area contributed by atoms with Crippen molar-refractivity contribution < 1.29 is 4.74 Å². The van der Waals surface area contributed by atoms with Crippen LogP contribution in [0.25, 0.3) is 0 Å². The SMILES string of the molecule is CC(CCCNC(C)(C)C)OC1CCN(C)CC1. The molecule has 1 atom stereocenters. The second-order valence-corrected chi connectivity index (χ2v) is 6.77. The van der Waals surface area contributed by atoms with Crippen LogP contribution in [0.3, 0.4) is 0 Å². The van der Waals surface area contributed by atoms with Crippen molar-refractivity contribution in [1.29, 1.82) is 0 Å². The number of hydrogen-bond donors (Lipinski definition) is 1. The highest BCUT2D eigenvalue weighted by molar-refractivity contribution is 4.72. The Morgan fingerprint density at radius 1 is 1.28 bits per heavy atom. The summed E-state index contributed by atoms with van der Waals surface area (Å²) in [6.07, 6.45) is 5.65. The molecule has 1 unspecified atom stereocenters. The number of piperidine rings is 1. The lowest BCUT2D eigenvalue weighted by Crippen LogP contribution is -2.37. The van der Waals surface area contributed by atoms with Crippen LogP contribution in [-0.4, -0.2) is 49.3 Å². The molecule has 108 valence electrons. The number of likely N-dealkylation sites (tertiary alicyclic amines) is 1. The predicted octanol–water partition coefficient (Wildman–Crippen LogP) is 2.65. The molecule has 1 saturated heterocycles. The minimum absolute atomic E-state index is 0.234. The van der Waals surface area contributed by atoms with Gasteiger partial charge in [-0.2, -0.15) is 0 Å². The maximum absolute atomic E-state index is 6.12. The molecule has 1 rings (SSSR count). The van der Waals surface area contributed by atoms with Gasteiger partial charge in [0.05, 0.1) is 12.2 Å². The number of nitrogens with one attached hydrogen (secondary N) is 1. The number of ether oxygens (including phenoxy) is 1. The average molecular weight is 256 g/mol. The Bertz CT molecular complexity index is 217. The monoisotopic (exact) mass is 256 g/mol. The Morgan fingerprint density at radius 3 is 2.44 bits per heavy atom. The van der Waals surface area contributed by atoms with Crippen LogP contribution in [0.2, 0.25) is 0 Å². The summed E-state index contributed by atoms with van der Waals surface area (Å²) in [7, 11) is 2.19. The molecule has 0 bridgehead atoms. The van der Waals surface area contributed by atoms with Gasteiger partial charge in [0.1, 0.15) is 0 Å². The van der Waals surface area contributed by atoms with E-state index in [1.807, 2.05) is 0 Å². The zero-order valence-electron chi connectivity index (χ0n) is 13.0. The Labute approximate surface area is 113 Å². The maximum atomic E-state index is 6.12. The third kappa shape index (κ3) is 7.34. The first-order valence-corrected chi connectivity index (χ1v) is 7.46. The van der Waals surface area contributed by atoms with E-state index >= 15 is 0 Å². The highest BCUT2D eigenvalue weighted by Gasteiger charge is 2.19. The molecule has 18 heavy (non-hydrogen) atoms. The summed E-state index contributed by atoms with van der Waals surface area (Å²) in [5, 5.41) is 3.52. The minimum Gasteiger partial charge on any atom is -0.375 e. The second kappa shape index (κ2) is 7.46. The second-order valence-electron chi connectivity index (χ2n) is 6.77. The molecule has 1 aliphatic rings. The Hall–Kier alpha value is -0.120. The molecule has 0 radical (unpaired) electrons. The van der Waals surface area contributed by atoms with Gasteiger partial charge >= 0.3 is 0 Å². The molecule has 1 heterocycles. The molecule has 0 aromatic heterocycles. The first kappa shape index (κ1) is 15.9. The Balaban J connectivity index is 2.05. The molecule has 0 amide bonds. The predicted molar refractivity (Wildman–Crippen MR) is 78.1 cm³/mol. The van der Waals surface area contributed by atoms with E-state index in [1.165, 1.54) is 32.4 Å². The van der Waals surface area contributed by atoms with Crippen molar-refractivity contribution in [2.45, 2.75) is 71.1 Å². The first-order valence-electron chi connectivity index (χ1n) is 7.46. The van der Waals surface area contributed by atoms with Gasteiger partial charge in [-0.3, -0.25) is 0 Å². The Kier molecular flexibility index (Phi) is 6.61. The molecular formula is C15H32N2O. The fourth-order valence-corrected chi connectivity index (χ4v) is 2.37. The largest absolute Gasteiger partial charge is 0.375 e. The molecule has 0 aromatic rings. The molecule has 3 heteroatoms. The summed E-state index contributed by atoms with van der Waals surface area (Å²) < 4.78 is 6.12. The van der Waals surface area contributed by atoms with Gasteiger partial charge in [0.25, 0.3) is 0 Å². The maximum Gasteiger partial charge on any atom is 0.0603 e. The van der Waals surface area contributed by atoms with E-state index < -0.39 is 0 Å². The first-order chi connectivity index (χ1) is 8.37. The zero-order valence-corrected chi connectivity index (χ0v) is 13.0. The molecule has 0 spiro atoms. The van der Waals surface area contributed by atoms with Crippen molar-refractivity contribution in [2.24, 2.45) is 0 Å². The summed E-state index contributed by atoms with van der Waals surface area (Å²) in [5.41, 5.74) is 0.234. The topological polar surface area (TPSA) is 24.5 Å². The molecule has 0 saturated carbocycles. The standard InChI is InChI=1S/C15H32N2O/c1-13(7-6-10-16-15(2,3)4)18-14-8-11-17(5)12-9-14/h13-14,16H,6-12H2,1-5H3. The Morgan fingerprint density at radius 2 is 1.89 bits per heavy atom. The van der Waals surface area contributed by atoms with Crippen molar-refractivity contribution in [3.63, 3.8) is 0 Å². The molecule has 3 nitrogen and oxygen atoms in total. The van der Waals surface area contributed by atoms with E-state index in [0.717, 1.165) is 13.0 Å². The van der Waals surface area contributed by atoms with Crippen LogP contribution in [0.4, 0.5) is 0 Å². The summed E-state index contributed by atoms with van der Waals surface area (Å²) >= 11 is 0. The summed E-state index contributed by atoms with van der Waals surface area (Å²) in [6.45, 7) is 12.3. The van der Waals surface area contributed by atoms with Crippen molar-refractivity contribution in [2.75, 3.05) is 26.7 Å². The van der Waals surface area contributed by atoms with Gasteiger partial charge in [-0.15, -0.1) is 0 Å². The fourth-order valence-electron chi connectivity index (χ4n) is 2.37. The quantitative estimate of drug-likeness (QED) is 0.740. The summed E-state index contributed by atoms with van der Waals surface area (Å²) in [4.78, 5) is 2.39. The van der Waals surface area contributed by atoms with Crippen LogP contribution in [-0.2, 0) is 4.74 Å². The molecule has 1 N–H and O–H groups in total. The number of hydrogen-bond acceptors (Lipinski definition) is 3. The van der Waals surface area contributed by atoms with Gasteiger partial charge in [0.2, 0.25) is 0 Å². The lowest BCUT2D eigenvalue weighted by molar-refractivity contribution is -0.0350. The number of nitrogens with zero attached hydrogens (tertiary/aromatic N) is 1. The van der Waals surface area contributed by atoms with E-state index in [0.29, 0.717) is 12.2 Å². The normalized spacial score (nSPS) is 21.2. The van der Waals surface area contributed by atoms with E-state index in [-0.39, 0.29) is 5.54 Å². The molecular weight excluding hydrogens is 224 g/mol. The summed E-state index contributed by atoms with van der Waals surface area (Å²) in [5.74, 6) is 0. The van der Waals surface area contributed by atoms with Crippen LogP contribution in [0.1, 0.15) is 53.4 Å². The fraction of sp³-hybridized carbons (Fsp3) is 1.00. The van der Waals surface area contributed by atoms with Crippen LogP contribution >= 0.6 is 0 Å². The zero-order chi connectivity index (χ0) is 13.6.